The first kappa shape index (κ1) is 37.5. The van der Waals surface area contributed by atoms with Crippen LogP contribution in [0.4, 0.5) is 0 Å². The predicted molar refractivity (Wildman–Crippen MR) is 149 cm³/mol. The molecule has 0 N–H and O–H groups in total. The Balaban J connectivity index is 0. The zero-order valence-electron chi connectivity index (χ0n) is 24.6. The van der Waals surface area contributed by atoms with Crippen LogP contribution in [-0.2, 0) is 14.2 Å². The number of rotatable bonds is 28. The SMILES string of the molecule is CCCCCCCCCCCCCCCCCCOCC(COCCCCC[N+](C)(C)C)OC.[Br-]. The van der Waals surface area contributed by atoms with Gasteiger partial charge in [-0.25, -0.2) is 0 Å². The largest absolute Gasteiger partial charge is 1.00 e. The minimum absolute atomic E-state index is 0. The fraction of sp³-hybridized carbons (Fsp3) is 1.00. The number of ether oxygens (including phenoxy) is 3. The minimum atomic E-state index is 0. The summed E-state index contributed by atoms with van der Waals surface area (Å²) < 4.78 is 18.2. The molecule has 0 aromatic rings. The summed E-state index contributed by atoms with van der Waals surface area (Å²) in [5, 5.41) is 0. The number of quaternary nitrogens is 1. The highest BCUT2D eigenvalue weighted by atomic mass is 79.9. The number of halogens is 1. The van der Waals surface area contributed by atoms with Crippen LogP contribution in [0.1, 0.15) is 129 Å². The average molecular weight is 567 g/mol. The van der Waals surface area contributed by atoms with Crippen molar-refractivity contribution < 1.29 is 35.7 Å². The summed E-state index contributed by atoms with van der Waals surface area (Å²) in [5.41, 5.74) is 0. The molecule has 5 heteroatoms. The van der Waals surface area contributed by atoms with Crippen LogP contribution >= 0.6 is 0 Å². The van der Waals surface area contributed by atoms with Crippen molar-refractivity contribution in [2.45, 2.75) is 135 Å². The highest BCUT2D eigenvalue weighted by molar-refractivity contribution is 4.55. The lowest BCUT2D eigenvalue weighted by molar-refractivity contribution is -0.870. The Morgan fingerprint density at radius 2 is 0.857 bits per heavy atom. The van der Waals surface area contributed by atoms with Crippen LogP contribution in [0.2, 0.25) is 0 Å². The van der Waals surface area contributed by atoms with Crippen molar-refractivity contribution in [3.8, 4) is 0 Å². The Morgan fingerprint density at radius 1 is 0.514 bits per heavy atom. The lowest BCUT2D eigenvalue weighted by Gasteiger charge is -2.23. The van der Waals surface area contributed by atoms with Gasteiger partial charge in [-0.3, -0.25) is 0 Å². The van der Waals surface area contributed by atoms with E-state index in [1.807, 2.05) is 0 Å². The number of unbranched alkanes of at least 4 members (excludes halogenated alkanes) is 17. The quantitative estimate of drug-likeness (QED) is 0.0966. The van der Waals surface area contributed by atoms with Crippen LogP contribution in [0.15, 0.2) is 0 Å². The fourth-order valence-electron chi connectivity index (χ4n) is 4.33. The number of hydrogen-bond acceptors (Lipinski definition) is 3. The fourth-order valence-corrected chi connectivity index (χ4v) is 4.33. The maximum absolute atomic E-state index is 5.83. The molecule has 0 amide bonds. The number of nitrogens with zero attached hydrogens (tertiary/aromatic N) is 1. The van der Waals surface area contributed by atoms with E-state index < -0.39 is 0 Å². The summed E-state index contributed by atoms with van der Waals surface area (Å²) in [5.74, 6) is 0. The van der Waals surface area contributed by atoms with Gasteiger partial charge < -0.3 is 35.7 Å². The molecular formula is C30H64BrNO3. The molecule has 0 aliphatic rings. The molecule has 0 saturated heterocycles. The molecule has 0 bridgehead atoms. The molecule has 0 rings (SSSR count). The molecule has 1 atom stereocenters. The Bertz CT molecular complexity index is 390. The number of hydrogen-bond donors (Lipinski definition) is 0. The second-order valence-electron chi connectivity index (χ2n) is 11.4. The van der Waals surface area contributed by atoms with E-state index in [2.05, 4.69) is 28.1 Å². The molecule has 4 nitrogen and oxygen atoms in total. The molecule has 1 unspecified atom stereocenters. The maximum Gasteiger partial charge on any atom is 0.104 e. The normalized spacial score (nSPS) is 12.6. The van der Waals surface area contributed by atoms with Gasteiger partial charge in [-0.05, 0) is 25.7 Å². The second kappa shape index (κ2) is 28.9. The van der Waals surface area contributed by atoms with Gasteiger partial charge in [0.15, 0.2) is 0 Å². The summed E-state index contributed by atoms with van der Waals surface area (Å²) >= 11 is 0. The molecule has 0 heterocycles. The molecule has 0 spiro atoms. The van der Waals surface area contributed by atoms with Gasteiger partial charge in [0, 0.05) is 20.3 Å². The van der Waals surface area contributed by atoms with Gasteiger partial charge in [-0.2, -0.15) is 0 Å². The first-order valence-electron chi connectivity index (χ1n) is 15.0. The standard InChI is InChI=1S/C30H64NO3.BrH/c1-6-7-8-9-10-11-12-13-14-15-16-17-18-19-20-23-26-33-28-30(32-5)29-34-27-24-21-22-25-31(2,3)4;/h30H,6-29H2,1-5H3;1H/q+1;/p-1. The average Bonchev–Trinajstić information content (AvgIpc) is 2.80. The van der Waals surface area contributed by atoms with Crippen LogP contribution in [0.25, 0.3) is 0 Å². The lowest BCUT2D eigenvalue weighted by atomic mass is 10.0. The van der Waals surface area contributed by atoms with E-state index in [1.54, 1.807) is 7.11 Å². The van der Waals surface area contributed by atoms with E-state index in [0.29, 0.717) is 13.2 Å². The first-order valence-corrected chi connectivity index (χ1v) is 15.0. The van der Waals surface area contributed by atoms with Crippen molar-refractivity contribution in [3.05, 3.63) is 0 Å². The van der Waals surface area contributed by atoms with Crippen molar-refractivity contribution in [3.63, 3.8) is 0 Å². The van der Waals surface area contributed by atoms with Gasteiger partial charge in [0.25, 0.3) is 0 Å². The Morgan fingerprint density at radius 3 is 1.20 bits per heavy atom. The summed E-state index contributed by atoms with van der Waals surface area (Å²) in [4.78, 5) is 0. The smallest absolute Gasteiger partial charge is 0.104 e. The van der Waals surface area contributed by atoms with Crippen LogP contribution in [0.3, 0.4) is 0 Å². The highest BCUT2D eigenvalue weighted by Gasteiger charge is 2.08. The van der Waals surface area contributed by atoms with Crippen molar-refractivity contribution in [1.29, 1.82) is 0 Å². The third-order valence-electron chi connectivity index (χ3n) is 6.70. The predicted octanol–water partition coefficient (Wildman–Crippen LogP) is 5.18. The molecule has 0 saturated carbocycles. The van der Waals surface area contributed by atoms with Crippen molar-refractivity contribution in [2.75, 3.05) is 61.2 Å². The van der Waals surface area contributed by atoms with Gasteiger partial charge in [0.2, 0.25) is 0 Å². The number of methoxy groups -OCH3 is 1. The molecule has 35 heavy (non-hydrogen) atoms. The summed E-state index contributed by atoms with van der Waals surface area (Å²) in [7, 11) is 8.51. The molecular weight excluding hydrogens is 502 g/mol. The summed E-state index contributed by atoms with van der Waals surface area (Å²) in [6.45, 7) is 6.50. The van der Waals surface area contributed by atoms with Crippen molar-refractivity contribution in [2.24, 2.45) is 0 Å². The zero-order valence-corrected chi connectivity index (χ0v) is 26.2. The summed E-state index contributed by atoms with van der Waals surface area (Å²) in [6, 6.07) is 0. The maximum atomic E-state index is 5.83. The molecule has 0 fully saturated rings. The molecule has 0 radical (unpaired) electrons. The van der Waals surface area contributed by atoms with E-state index in [9.17, 15) is 0 Å². The lowest BCUT2D eigenvalue weighted by Crippen LogP contribution is -3.00. The Labute approximate surface area is 231 Å². The van der Waals surface area contributed by atoms with Gasteiger partial charge >= 0.3 is 0 Å². The molecule has 0 aromatic heterocycles. The second-order valence-corrected chi connectivity index (χ2v) is 11.4. The van der Waals surface area contributed by atoms with E-state index >= 15 is 0 Å². The molecule has 214 valence electrons. The van der Waals surface area contributed by atoms with Gasteiger partial charge in [-0.1, -0.05) is 103 Å². The highest BCUT2D eigenvalue weighted by Crippen LogP contribution is 2.13. The van der Waals surface area contributed by atoms with Crippen LogP contribution < -0.4 is 17.0 Å². The zero-order chi connectivity index (χ0) is 25.2. The van der Waals surface area contributed by atoms with E-state index in [0.717, 1.165) is 24.1 Å². The van der Waals surface area contributed by atoms with Gasteiger partial charge in [-0.15, -0.1) is 0 Å². The van der Waals surface area contributed by atoms with E-state index in [4.69, 9.17) is 14.2 Å². The monoisotopic (exact) mass is 565 g/mol. The van der Waals surface area contributed by atoms with E-state index in [-0.39, 0.29) is 23.1 Å². The third kappa shape index (κ3) is 32.3. The van der Waals surface area contributed by atoms with E-state index in [1.165, 1.54) is 122 Å². The topological polar surface area (TPSA) is 27.7 Å². The Hall–Kier alpha value is 0.320. The van der Waals surface area contributed by atoms with Crippen LogP contribution in [0, 0.1) is 0 Å². The van der Waals surface area contributed by atoms with Gasteiger partial charge in [0.1, 0.15) is 6.10 Å². The van der Waals surface area contributed by atoms with Crippen LogP contribution in [-0.4, -0.2) is 71.8 Å². The third-order valence-corrected chi connectivity index (χ3v) is 6.70. The van der Waals surface area contributed by atoms with Gasteiger partial charge in [0.05, 0.1) is 40.9 Å². The summed E-state index contributed by atoms with van der Waals surface area (Å²) in [6.07, 6.45) is 26.2. The minimum Gasteiger partial charge on any atom is -1.00 e. The van der Waals surface area contributed by atoms with Crippen molar-refractivity contribution >= 4 is 0 Å². The molecule has 0 aliphatic heterocycles. The van der Waals surface area contributed by atoms with Crippen LogP contribution in [0.5, 0.6) is 0 Å². The molecule has 0 aromatic carbocycles. The van der Waals surface area contributed by atoms with Crippen molar-refractivity contribution in [1.82, 2.24) is 0 Å². The first-order chi connectivity index (χ1) is 16.5. The Kier molecular flexibility index (Phi) is 30.9. The molecule has 0 aliphatic carbocycles.